The minimum Gasteiger partial charge on any atom is -0.465 e. The van der Waals surface area contributed by atoms with Crippen LogP contribution in [0.3, 0.4) is 0 Å². The lowest BCUT2D eigenvalue weighted by atomic mass is 9.58. The standard InChI is InChI=1S/C31H39FN4O2/c1-2-29-33-16-19-36(29)22-31(25-10-6-11-26(32)20-25,27-12-7-13-28(27)34-30(37)38)24-14-17-35(18-15-24)21-23-8-4-3-5-9-23/h3-6,8-11,16,19-20,24,27-28,34H,2,7,12-15,17-18,21-22H2,1H3,(H,37,38)/t27-,28-,31-/m0/s1. The molecule has 2 N–H and O–H groups in total. The predicted octanol–water partition coefficient (Wildman–Crippen LogP) is 5.87. The van der Waals surface area contributed by atoms with Crippen LogP contribution in [0.2, 0.25) is 0 Å². The summed E-state index contributed by atoms with van der Waals surface area (Å²) in [6.07, 6.45) is 8.36. The number of carboxylic acid groups (broad SMARTS) is 1. The first kappa shape index (κ1) is 26.4. The second kappa shape index (κ2) is 11.7. The van der Waals surface area contributed by atoms with Crippen LogP contribution in [0.25, 0.3) is 0 Å². The van der Waals surface area contributed by atoms with E-state index in [2.05, 4.69) is 57.0 Å². The van der Waals surface area contributed by atoms with E-state index in [9.17, 15) is 14.3 Å². The molecule has 6 nitrogen and oxygen atoms in total. The molecule has 202 valence electrons. The molecule has 1 amide bonds. The maximum absolute atomic E-state index is 14.9. The average Bonchev–Trinajstić information content (AvgIpc) is 3.57. The predicted molar refractivity (Wildman–Crippen MR) is 146 cm³/mol. The largest absolute Gasteiger partial charge is 0.465 e. The molecule has 3 aromatic rings. The van der Waals surface area contributed by atoms with Crippen LogP contribution in [-0.2, 0) is 24.9 Å². The van der Waals surface area contributed by atoms with Crippen LogP contribution in [0.15, 0.2) is 67.0 Å². The Kier molecular flexibility index (Phi) is 8.12. The molecule has 3 atom stereocenters. The lowest BCUT2D eigenvalue weighted by molar-refractivity contribution is 0.0592. The van der Waals surface area contributed by atoms with E-state index in [-0.39, 0.29) is 23.7 Å². The number of hydrogen-bond donors (Lipinski definition) is 2. The first-order chi connectivity index (χ1) is 18.5. The minimum absolute atomic E-state index is 0.0678. The van der Waals surface area contributed by atoms with Gasteiger partial charge < -0.3 is 15.0 Å². The van der Waals surface area contributed by atoms with Crippen molar-refractivity contribution in [1.82, 2.24) is 19.8 Å². The Balaban J connectivity index is 1.54. The molecule has 5 rings (SSSR count). The molecule has 1 aliphatic heterocycles. The summed E-state index contributed by atoms with van der Waals surface area (Å²) in [6, 6.07) is 17.5. The molecule has 2 heterocycles. The van der Waals surface area contributed by atoms with Gasteiger partial charge in [0.05, 0.1) is 0 Å². The zero-order valence-corrected chi connectivity index (χ0v) is 22.2. The van der Waals surface area contributed by atoms with Crippen LogP contribution in [0.5, 0.6) is 0 Å². The Morgan fingerprint density at radius 1 is 1.11 bits per heavy atom. The van der Waals surface area contributed by atoms with Gasteiger partial charge in [0.15, 0.2) is 0 Å². The number of hydrogen-bond acceptors (Lipinski definition) is 3. The third kappa shape index (κ3) is 5.48. The number of imidazole rings is 1. The Morgan fingerprint density at radius 3 is 2.61 bits per heavy atom. The summed E-state index contributed by atoms with van der Waals surface area (Å²) < 4.78 is 17.1. The van der Waals surface area contributed by atoms with Crippen LogP contribution >= 0.6 is 0 Å². The number of rotatable bonds is 9. The number of halogens is 1. The van der Waals surface area contributed by atoms with Crippen molar-refractivity contribution in [3.8, 4) is 0 Å². The lowest BCUT2D eigenvalue weighted by Gasteiger charge is -2.51. The summed E-state index contributed by atoms with van der Waals surface area (Å²) in [7, 11) is 0. The van der Waals surface area contributed by atoms with Crippen molar-refractivity contribution >= 4 is 6.09 Å². The molecular weight excluding hydrogens is 479 g/mol. The molecule has 38 heavy (non-hydrogen) atoms. The number of nitrogens with zero attached hydrogens (tertiary/aromatic N) is 3. The van der Waals surface area contributed by atoms with Crippen molar-refractivity contribution in [2.75, 3.05) is 13.1 Å². The van der Waals surface area contributed by atoms with E-state index >= 15 is 0 Å². The van der Waals surface area contributed by atoms with E-state index in [0.717, 1.165) is 69.5 Å². The minimum atomic E-state index is -0.982. The average molecular weight is 519 g/mol. The molecule has 1 aromatic heterocycles. The van der Waals surface area contributed by atoms with Crippen LogP contribution in [0.1, 0.15) is 56.0 Å². The SMILES string of the molecule is CCc1nccn1C[C@@](c1cccc(F)c1)(C1CCN(Cc2ccccc2)CC1)[C@H]1CCC[C@@H]1NC(=O)O. The van der Waals surface area contributed by atoms with Gasteiger partial charge in [-0.3, -0.25) is 4.90 Å². The number of amides is 1. The molecule has 0 unspecified atom stereocenters. The highest BCUT2D eigenvalue weighted by atomic mass is 19.1. The van der Waals surface area contributed by atoms with Crippen LogP contribution in [0, 0.1) is 17.7 Å². The van der Waals surface area contributed by atoms with Crippen molar-refractivity contribution in [3.05, 3.63) is 89.8 Å². The molecular formula is C31H39FN4O2. The molecule has 7 heteroatoms. The Morgan fingerprint density at radius 2 is 1.89 bits per heavy atom. The fourth-order valence-electron chi connectivity index (χ4n) is 7.30. The molecule has 1 saturated carbocycles. The Bertz CT molecular complexity index is 1210. The molecule has 0 spiro atoms. The van der Waals surface area contributed by atoms with Crippen molar-refractivity contribution in [3.63, 3.8) is 0 Å². The molecule has 1 aliphatic carbocycles. The first-order valence-electron chi connectivity index (χ1n) is 14.0. The van der Waals surface area contributed by atoms with Crippen molar-refractivity contribution in [2.45, 2.75) is 70.0 Å². The summed E-state index contributed by atoms with van der Waals surface area (Å²) in [5.74, 6) is 1.12. The van der Waals surface area contributed by atoms with Gasteiger partial charge in [-0.05, 0) is 73.9 Å². The van der Waals surface area contributed by atoms with Crippen LogP contribution < -0.4 is 5.32 Å². The van der Waals surface area contributed by atoms with Crippen LogP contribution in [0.4, 0.5) is 9.18 Å². The highest BCUT2D eigenvalue weighted by Gasteiger charge is 2.52. The third-order valence-corrected chi connectivity index (χ3v) is 8.96. The topological polar surface area (TPSA) is 70.4 Å². The number of aryl methyl sites for hydroxylation is 1. The lowest BCUT2D eigenvalue weighted by Crippen LogP contribution is -2.55. The number of carbonyl (C=O) groups is 1. The van der Waals surface area contributed by atoms with Crippen molar-refractivity contribution in [2.24, 2.45) is 11.8 Å². The fourth-order valence-corrected chi connectivity index (χ4v) is 7.30. The number of piperidine rings is 1. The van der Waals surface area contributed by atoms with Gasteiger partial charge >= 0.3 is 6.09 Å². The van der Waals surface area contributed by atoms with E-state index in [1.165, 1.54) is 11.6 Å². The van der Waals surface area contributed by atoms with Gasteiger partial charge in [0, 0.05) is 43.4 Å². The summed E-state index contributed by atoms with van der Waals surface area (Å²) in [6.45, 7) is 5.63. The van der Waals surface area contributed by atoms with E-state index < -0.39 is 11.5 Å². The van der Waals surface area contributed by atoms with Gasteiger partial charge in [0.25, 0.3) is 0 Å². The van der Waals surface area contributed by atoms with E-state index in [0.29, 0.717) is 6.54 Å². The van der Waals surface area contributed by atoms with Gasteiger partial charge in [0.2, 0.25) is 0 Å². The first-order valence-corrected chi connectivity index (χ1v) is 14.0. The quantitative estimate of drug-likeness (QED) is 0.372. The van der Waals surface area contributed by atoms with Gasteiger partial charge in [-0.25, -0.2) is 14.2 Å². The second-order valence-electron chi connectivity index (χ2n) is 11.0. The van der Waals surface area contributed by atoms with Gasteiger partial charge in [-0.15, -0.1) is 0 Å². The van der Waals surface area contributed by atoms with Gasteiger partial charge in [0.1, 0.15) is 11.6 Å². The van der Waals surface area contributed by atoms with Crippen molar-refractivity contribution in [1.29, 1.82) is 0 Å². The van der Waals surface area contributed by atoms with E-state index in [1.54, 1.807) is 6.07 Å². The van der Waals surface area contributed by atoms with Crippen LogP contribution in [-0.4, -0.2) is 44.8 Å². The summed E-state index contributed by atoms with van der Waals surface area (Å²) in [5.41, 5.74) is 1.88. The molecule has 1 saturated heterocycles. The third-order valence-electron chi connectivity index (χ3n) is 8.96. The number of aromatic nitrogens is 2. The molecule has 0 bridgehead atoms. The zero-order chi connectivity index (χ0) is 26.5. The maximum Gasteiger partial charge on any atom is 0.404 e. The molecule has 0 radical (unpaired) electrons. The molecule has 2 aliphatic rings. The van der Waals surface area contributed by atoms with Gasteiger partial charge in [-0.2, -0.15) is 0 Å². The van der Waals surface area contributed by atoms with E-state index in [4.69, 9.17) is 0 Å². The number of nitrogens with one attached hydrogen (secondary N) is 1. The number of benzene rings is 2. The highest BCUT2D eigenvalue weighted by molar-refractivity contribution is 5.65. The molecule has 2 aromatic carbocycles. The Hall–Kier alpha value is -3.19. The fraction of sp³-hybridized carbons (Fsp3) is 0.484. The summed E-state index contributed by atoms with van der Waals surface area (Å²) >= 11 is 0. The normalized spacial score (nSPS) is 22.3. The summed E-state index contributed by atoms with van der Waals surface area (Å²) in [5, 5.41) is 12.6. The van der Waals surface area contributed by atoms with Gasteiger partial charge in [-0.1, -0.05) is 55.8 Å². The molecule has 2 fully saturated rings. The maximum atomic E-state index is 14.9. The summed E-state index contributed by atoms with van der Waals surface area (Å²) in [4.78, 5) is 18.9. The monoisotopic (exact) mass is 518 g/mol. The van der Waals surface area contributed by atoms with Crippen molar-refractivity contribution < 1.29 is 14.3 Å². The second-order valence-corrected chi connectivity index (χ2v) is 11.0. The highest BCUT2D eigenvalue weighted by Crippen LogP contribution is 2.51. The zero-order valence-electron chi connectivity index (χ0n) is 22.2. The number of likely N-dealkylation sites (tertiary alicyclic amines) is 1. The van der Waals surface area contributed by atoms with E-state index in [1.807, 2.05) is 24.5 Å². The Labute approximate surface area is 224 Å². The smallest absolute Gasteiger partial charge is 0.404 e.